The highest BCUT2D eigenvalue weighted by atomic mass is 16.3. The molecule has 1 aliphatic carbocycles. The van der Waals surface area contributed by atoms with Gasteiger partial charge in [-0.2, -0.15) is 0 Å². The highest BCUT2D eigenvalue weighted by molar-refractivity contribution is 5.77. The van der Waals surface area contributed by atoms with Gasteiger partial charge >= 0.3 is 0 Å². The minimum Gasteiger partial charge on any atom is -0.393 e. The zero-order valence-electron chi connectivity index (χ0n) is 8.33. The van der Waals surface area contributed by atoms with Crippen molar-refractivity contribution in [3.8, 4) is 0 Å². The van der Waals surface area contributed by atoms with Crippen LogP contribution in [0.25, 0.3) is 0 Å². The molecule has 0 aromatic rings. The summed E-state index contributed by atoms with van der Waals surface area (Å²) in [6.07, 6.45) is 4.14. The quantitative estimate of drug-likeness (QED) is 0.587. The third kappa shape index (κ3) is 2.45. The van der Waals surface area contributed by atoms with Crippen LogP contribution in [0.3, 0.4) is 0 Å². The van der Waals surface area contributed by atoms with Crippen molar-refractivity contribution >= 4 is 5.91 Å². The van der Waals surface area contributed by atoms with Crippen molar-refractivity contribution < 1.29 is 9.90 Å². The molecule has 4 nitrogen and oxygen atoms in total. The Morgan fingerprint density at radius 1 is 1.50 bits per heavy atom. The number of aliphatic hydroxyl groups is 1. The van der Waals surface area contributed by atoms with Crippen LogP contribution in [0.15, 0.2) is 0 Å². The number of hydrogen-bond acceptors (Lipinski definition) is 3. The van der Waals surface area contributed by atoms with Crippen LogP contribution < -0.4 is 10.6 Å². The molecule has 0 spiro atoms. The van der Waals surface area contributed by atoms with E-state index in [1.165, 1.54) is 6.42 Å². The zero-order valence-corrected chi connectivity index (χ0v) is 8.33. The van der Waals surface area contributed by atoms with Gasteiger partial charge in [0.25, 0.3) is 0 Å². The van der Waals surface area contributed by atoms with Crippen molar-refractivity contribution in [1.82, 2.24) is 10.6 Å². The Balaban J connectivity index is 1.63. The molecule has 1 amide bonds. The van der Waals surface area contributed by atoms with Crippen LogP contribution in [0.4, 0.5) is 0 Å². The Hall–Kier alpha value is -0.610. The van der Waals surface area contributed by atoms with E-state index in [2.05, 4.69) is 10.6 Å². The predicted octanol–water partition coefficient (Wildman–Crippen LogP) is -0.232. The second-order valence-corrected chi connectivity index (χ2v) is 4.39. The van der Waals surface area contributed by atoms with E-state index >= 15 is 0 Å². The molecule has 2 rings (SSSR count). The topological polar surface area (TPSA) is 61.4 Å². The lowest BCUT2D eigenvalue weighted by Crippen LogP contribution is -2.47. The third-order valence-corrected chi connectivity index (χ3v) is 3.07. The van der Waals surface area contributed by atoms with E-state index in [9.17, 15) is 4.79 Å². The Morgan fingerprint density at radius 3 is 2.86 bits per heavy atom. The molecule has 3 N–H and O–H groups in total. The largest absolute Gasteiger partial charge is 0.393 e. The molecule has 0 aromatic heterocycles. The van der Waals surface area contributed by atoms with E-state index in [0.29, 0.717) is 12.5 Å². The van der Waals surface area contributed by atoms with Crippen molar-refractivity contribution in [2.24, 2.45) is 0 Å². The van der Waals surface area contributed by atoms with Crippen LogP contribution in [0.2, 0.25) is 0 Å². The first kappa shape index (κ1) is 9.93. The molecule has 14 heavy (non-hydrogen) atoms. The van der Waals surface area contributed by atoms with Crippen molar-refractivity contribution in [2.45, 2.75) is 50.3 Å². The third-order valence-electron chi connectivity index (χ3n) is 3.07. The van der Waals surface area contributed by atoms with Crippen molar-refractivity contribution in [1.29, 1.82) is 0 Å². The Bertz CT molecular complexity index is 208. The average Bonchev–Trinajstić information content (AvgIpc) is 2.54. The van der Waals surface area contributed by atoms with Gasteiger partial charge in [0.1, 0.15) is 0 Å². The van der Waals surface area contributed by atoms with Crippen LogP contribution >= 0.6 is 0 Å². The molecular weight excluding hydrogens is 180 g/mol. The second kappa shape index (κ2) is 4.28. The fourth-order valence-electron chi connectivity index (χ4n) is 2.15. The highest BCUT2D eigenvalue weighted by Gasteiger charge is 2.29. The molecule has 2 fully saturated rings. The highest BCUT2D eigenvalue weighted by Crippen LogP contribution is 2.19. The summed E-state index contributed by atoms with van der Waals surface area (Å²) in [5, 5.41) is 15.3. The van der Waals surface area contributed by atoms with E-state index in [-0.39, 0.29) is 18.1 Å². The van der Waals surface area contributed by atoms with Gasteiger partial charge in [0, 0.05) is 18.5 Å². The van der Waals surface area contributed by atoms with Crippen molar-refractivity contribution in [3.05, 3.63) is 0 Å². The summed E-state index contributed by atoms with van der Waals surface area (Å²) in [6, 6.07) is 0.596. The van der Waals surface area contributed by atoms with Gasteiger partial charge in [-0.3, -0.25) is 4.79 Å². The van der Waals surface area contributed by atoms with Crippen LogP contribution in [-0.4, -0.2) is 35.7 Å². The summed E-state index contributed by atoms with van der Waals surface area (Å²) in [7, 11) is 0. The molecule has 1 atom stereocenters. The minimum absolute atomic E-state index is 0.126. The van der Waals surface area contributed by atoms with E-state index in [1.807, 2.05) is 0 Å². The standard InChI is InChI=1S/C10H18N2O2/c13-9-4-8(5-9)12-10(14)6-7-2-1-3-11-7/h7-9,11,13H,1-6H2,(H,12,14). The second-order valence-electron chi connectivity index (χ2n) is 4.39. The summed E-state index contributed by atoms with van der Waals surface area (Å²) in [6.45, 7) is 1.04. The van der Waals surface area contributed by atoms with Gasteiger partial charge in [0.15, 0.2) is 0 Å². The molecule has 0 bridgehead atoms. The SMILES string of the molecule is O=C(CC1CCCN1)NC1CC(O)C1. The summed E-state index contributed by atoms with van der Waals surface area (Å²) < 4.78 is 0. The van der Waals surface area contributed by atoms with Crippen LogP contribution in [0.1, 0.15) is 32.1 Å². The molecule has 80 valence electrons. The predicted molar refractivity (Wildman–Crippen MR) is 52.8 cm³/mol. The summed E-state index contributed by atoms with van der Waals surface area (Å²) >= 11 is 0. The van der Waals surface area contributed by atoms with Crippen LogP contribution in [0, 0.1) is 0 Å². The Kier molecular flexibility index (Phi) is 3.03. The average molecular weight is 198 g/mol. The first-order chi connectivity index (χ1) is 6.74. The normalized spacial score (nSPS) is 36.5. The smallest absolute Gasteiger partial charge is 0.221 e. The molecule has 1 unspecified atom stereocenters. The van der Waals surface area contributed by atoms with Crippen molar-refractivity contribution in [3.63, 3.8) is 0 Å². The van der Waals surface area contributed by atoms with Gasteiger partial charge in [-0.15, -0.1) is 0 Å². The van der Waals surface area contributed by atoms with Crippen LogP contribution in [0.5, 0.6) is 0 Å². The lowest BCUT2D eigenvalue weighted by Gasteiger charge is -2.32. The Labute approximate surface area is 84.1 Å². The summed E-state index contributed by atoms with van der Waals surface area (Å²) in [5.74, 6) is 0.126. The maximum Gasteiger partial charge on any atom is 0.221 e. The number of amides is 1. The van der Waals surface area contributed by atoms with Gasteiger partial charge in [-0.1, -0.05) is 0 Å². The first-order valence-corrected chi connectivity index (χ1v) is 5.45. The van der Waals surface area contributed by atoms with Crippen LogP contribution in [-0.2, 0) is 4.79 Å². The van der Waals surface area contributed by atoms with E-state index in [0.717, 1.165) is 25.8 Å². The number of nitrogens with one attached hydrogen (secondary N) is 2. The van der Waals surface area contributed by atoms with E-state index in [1.54, 1.807) is 0 Å². The van der Waals surface area contributed by atoms with Gasteiger partial charge in [-0.05, 0) is 32.2 Å². The summed E-state index contributed by atoms with van der Waals surface area (Å²) in [5.41, 5.74) is 0. The molecule has 1 heterocycles. The van der Waals surface area contributed by atoms with E-state index < -0.39 is 0 Å². The number of hydrogen-bond donors (Lipinski definition) is 3. The molecule has 0 aromatic carbocycles. The van der Waals surface area contributed by atoms with Gasteiger partial charge in [0.2, 0.25) is 5.91 Å². The maximum absolute atomic E-state index is 11.5. The number of aliphatic hydroxyl groups excluding tert-OH is 1. The van der Waals surface area contributed by atoms with Gasteiger partial charge in [0.05, 0.1) is 6.10 Å². The molecule has 1 saturated heterocycles. The molecule has 1 aliphatic heterocycles. The molecular formula is C10H18N2O2. The first-order valence-electron chi connectivity index (χ1n) is 5.45. The molecule has 2 aliphatic rings. The fraction of sp³-hybridized carbons (Fsp3) is 0.900. The minimum atomic E-state index is -0.190. The zero-order chi connectivity index (χ0) is 9.97. The maximum atomic E-state index is 11.5. The molecule has 0 radical (unpaired) electrons. The number of carbonyl (C=O) groups is 1. The van der Waals surface area contributed by atoms with Gasteiger partial charge < -0.3 is 15.7 Å². The van der Waals surface area contributed by atoms with E-state index in [4.69, 9.17) is 5.11 Å². The lowest BCUT2D eigenvalue weighted by atomic mass is 9.89. The van der Waals surface area contributed by atoms with Crippen molar-refractivity contribution in [2.75, 3.05) is 6.54 Å². The molecule has 1 saturated carbocycles. The summed E-state index contributed by atoms with van der Waals surface area (Å²) in [4.78, 5) is 11.5. The lowest BCUT2D eigenvalue weighted by molar-refractivity contribution is -0.123. The number of rotatable bonds is 3. The van der Waals surface area contributed by atoms with Gasteiger partial charge in [-0.25, -0.2) is 0 Å². The number of carbonyl (C=O) groups excluding carboxylic acids is 1. The molecule has 4 heteroatoms. The monoisotopic (exact) mass is 198 g/mol. The Morgan fingerprint density at radius 2 is 2.29 bits per heavy atom. The fourth-order valence-corrected chi connectivity index (χ4v) is 2.15.